The Morgan fingerprint density at radius 3 is 2.69 bits per heavy atom. The lowest BCUT2D eigenvalue weighted by Crippen LogP contribution is -2.22. The van der Waals surface area contributed by atoms with Gasteiger partial charge in [0.05, 0.1) is 7.11 Å². The molecule has 1 aliphatic rings. The highest BCUT2D eigenvalue weighted by molar-refractivity contribution is 9.10. The topological polar surface area (TPSA) is 63.2 Å². The fraction of sp³-hybridized carbons (Fsp3) is 0.320. The first-order valence-electron chi connectivity index (χ1n) is 10.1. The maximum absolute atomic E-state index is 12.3. The molecule has 0 fully saturated rings. The summed E-state index contributed by atoms with van der Waals surface area (Å²) in [4.78, 5) is 12.3. The number of hydrogen-bond acceptors (Lipinski definition) is 6. The molecule has 2 aromatic rings. The van der Waals surface area contributed by atoms with Crippen molar-refractivity contribution in [3.05, 3.63) is 64.2 Å². The van der Waals surface area contributed by atoms with Gasteiger partial charge in [-0.05, 0) is 57.0 Å². The summed E-state index contributed by atoms with van der Waals surface area (Å²) in [6, 6.07) is 7.50. The first-order valence-corrected chi connectivity index (χ1v) is 10.9. The predicted molar refractivity (Wildman–Crippen MR) is 126 cm³/mol. The van der Waals surface area contributed by atoms with Crippen LogP contribution in [-0.4, -0.2) is 25.5 Å². The number of methoxy groups -OCH3 is 1. The van der Waals surface area contributed by atoms with Crippen LogP contribution in [0.3, 0.4) is 0 Å². The van der Waals surface area contributed by atoms with Gasteiger partial charge in [-0.15, -0.1) is 6.58 Å². The van der Waals surface area contributed by atoms with Crippen molar-refractivity contribution in [3.63, 3.8) is 0 Å². The zero-order valence-electron chi connectivity index (χ0n) is 18.7. The van der Waals surface area contributed by atoms with E-state index in [2.05, 4.69) is 22.5 Å². The summed E-state index contributed by atoms with van der Waals surface area (Å²) in [6.45, 7) is 9.67. The molecule has 0 bridgehead atoms. The third kappa shape index (κ3) is 5.65. The average molecular weight is 503 g/mol. The highest BCUT2D eigenvalue weighted by atomic mass is 79.9. The molecule has 1 aliphatic heterocycles. The van der Waals surface area contributed by atoms with Crippen LogP contribution in [0.25, 0.3) is 6.08 Å². The van der Waals surface area contributed by atoms with Gasteiger partial charge in [-0.25, -0.2) is 4.79 Å². The highest BCUT2D eigenvalue weighted by Crippen LogP contribution is 2.42. The molecule has 7 heteroatoms. The molecule has 0 saturated carbocycles. The molecule has 0 saturated heterocycles. The molecule has 6 nitrogen and oxygen atoms in total. The Morgan fingerprint density at radius 1 is 1.22 bits per heavy atom. The molecule has 0 spiro atoms. The van der Waals surface area contributed by atoms with Crippen LogP contribution in [0, 0.1) is 0 Å². The monoisotopic (exact) mass is 502 g/mol. The van der Waals surface area contributed by atoms with Crippen LogP contribution >= 0.6 is 15.9 Å². The van der Waals surface area contributed by atoms with Crippen molar-refractivity contribution < 1.29 is 28.5 Å². The Hall–Kier alpha value is -2.93. The summed E-state index contributed by atoms with van der Waals surface area (Å²) in [5.74, 6) is 1.93. The minimum absolute atomic E-state index is 0.167. The van der Waals surface area contributed by atoms with Crippen molar-refractivity contribution in [2.24, 2.45) is 0 Å². The van der Waals surface area contributed by atoms with E-state index in [1.165, 1.54) is 6.08 Å². The molecule has 1 heterocycles. The molecule has 0 aliphatic carbocycles. The number of rotatable bonds is 8. The molecular weight excluding hydrogens is 476 g/mol. The third-order valence-electron chi connectivity index (χ3n) is 4.57. The van der Waals surface area contributed by atoms with E-state index in [0.29, 0.717) is 29.4 Å². The molecule has 170 valence electrons. The lowest BCUT2D eigenvalue weighted by atomic mass is 10.0. The van der Waals surface area contributed by atoms with Crippen LogP contribution < -0.4 is 18.9 Å². The van der Waals surface area contributed by atoms with Crippen LogP contribution in [-0.2, 0) is 22.6 Å². The van der Waals surface area contributed by atoms with E-state index in [4.69, 9.17) is 23.7 Å². The molecule has 2 aromatic carbocycles. The second kappa shape index (κ2) is 10.1. The van der Waals surface area contributed by atoms with Gasteiger partial charge in [0.25, 0.3) is 0 Å². The average Bonchev–Trinajstić information content (AvgIpc) is 3.20. The number of allylic oxidation sites excluding steroid dienone is 1. The minimum Gasteiger partial charge on any atom is -0.493 e. The number of carbonyl (C=O) groups is 1. The SMILES string of the molecule is C=CCc1ccc(OC)c(OCc2c(Br)ccc3c2OCO3)c1/C=C/C(=O)OC(C)(C)C. The maximum atomic E-state index is 12.3. The van der Waals surface area contributed by atoms with Crippen LogP contribution in [0.4, 0.5) is 0 Å². The van der Waals surface area contributed by atoms with Gasteiger partial charge in [0.1, 0.15) is 12.2 Å². The number of carbonyl (C=O) groups excluding carboxylic acids is 1. The smallest absolute Gasteiger partial charge is 0.331 e. The zero-order valence-corrected chi connectivity index (χ0v) is 20.3. The van der Waals surface area contributed by atoms with Crippen LogP contribution in [0.5, 0.6) is 23.0 Å². The molecular formula is C25H27BrO6. The molecule has 0 N–H and O–H groups in total. The van der Waals surface area contributed by atoms with E-state index in [-0.39, 0.29) is 13.4 Å². The van der Waals surface area contributed by atoms with E-state index >= 15 is 0 Å². The van der Waals surface area contributed by atoms with E-state index < -0.39 is 11.6 Å². The van der Waals surface area contributed by atoms with Crippen molar-refractivity contribution in [1.82, 2.24) is 0 Å². The van der Waals surface area contributed by atoms with E-state index in [9.17, 15) is 4.79 Å². The van der Waals surface area contributed by atoms with Crippen molar-refractivity contribution in [1.29, 1.82) is 0 Å². The maximum Gasteiger partial charge on any atom is 0.331 e. The molecule has 0 radical (unpaired) electrons. The highest BCUT2D eigenvalue weighted by Gasteiger charge is 2.22. The Bertz CT molecular complexity index is 1040. The second-order valence-corrected chi connectivity index (χ2v) is 8.93. The Kier molecular flexibility index (Phi) is 7.51. The normalized spacial score (nSPS) is 12.7. The lowest BCUT2D eigenvalue weighted by Gasteiger charge is -2.19. The van der Waals surface area contributed by atoms with Gasteiger partial charge in [-0.3, -0.25) is 0 Å². The van der Waals surface area contributed by atoms with Gasteiger partial charge in [0.15, 0.2) is 23.0 Å². The molecule has 0 unspecified atom stereocenters. The van der Waals surface area contributed by atoms with Gasteiger partial charge in [0, 0.05) is 21.7 Å². The van der Waals surface area contributed by atoms with E-state index in [1.807, 2.05) is 45.0 Å². The molecule has 0 aromatic heterocycles. The Labute approximate surface area is 196 Å². The summed E-state index contributed by atoms with van der Waals surface area (Å²) in [6.07, 6.45) is 5.47. The minimum atomic E-state index is -0.582. The summed E-state index contributed by atoms with van der Waals surface area (Å²) in [5, 5.41) is 0. The first kappa shape index (κ1) is 23.7. The molecule has 0 atom stereocenters. The molecule has 0 amide bonds. The van der Waals surface area contributed by atoms with Crippen molar-refractivity contribution in [2.75, 3.05) is 13.9 Å². The Balaban J connectivity index is 1.97. The number of esters is 1. The largest absolute Gasteiger partial charge is 0.493 e. The van der Waals surface area contributed by atoms with Gasteiger partial charge in [-0.2, -0.15) is 0 Å². The number of benzene rings is 2. The van der Waals surface area contributed by atoms with E-state index in [1.54, 1.807) is 19.3 Å². The predicted octanol–water partition coefficient (Wildman–Crippen LogP) is 5.85. The number of hydrogen-bond donors (Lipinski definition) is 0. The van der Waals surface area contributed by atoms with Crippen LogP contribution in [0.1, 0.15) is 37.5 Å². The van der Waals surface area contributed by atoms with Crippen molar-refractivity contribution in [3.8, 4) is 23.0 Å². The third-order valence-corrected chi connectivity index (χ3v) is 5.32. The first-order chi connectivity index (χ1) is 15.2. The summed E-state index contributed by atoms with van der Waals surface area (Å²) >= 11 is 3.56. The number of fused-ring (bicyclic) bond motifs is 1. The quantitative estimate of drug-likeness (QED) is 0.256. The van der Waals surface area contributed by atoms with Gasteiger partial charge in [0.2, 0.25) is 6.79 Å². The summed E-state index contributed by atoms with van der Waals surface area (Å²) in [7, 11) is 1.57. The lowest BCUT2D eigenvalue weighted by molar-refractivity contribution is -0.148. The van der Waals surface area contributed by atoms with Gasteiger partial charge in [-0.1, -0.05) is 28.1 Å². The van der Waals surface area contributed by atoms with Crippen molar-refractivity contribution >= 4 is 28.0 Å². The molecule has 3 rings (SSSR count). The fourth-order valence-corrected chi connectivity index (χ4v) is 3.64. The Morgan fingerprint density at radius 2 is 2.00 bits per heavy atom. The summed E-state index contributed by atoms with van der Waals surface area (Å²) in [5.41, 5.74) is 1.89. The second-order valence-electron chi connectivity index (χ2n) is 8.08. The van der Waals surface area contributed by atoms with Gasteiger partial charge < -0.3 is 23.7 Å². The summed E-state index contributed by atoms with van der Waals surface area (Å²) < 4.78 is 29.1. The van der Waals surface area contributed by atoms with Crippen LogP contribution in [0.15, 0.2) is 47.5 Å². The van der Waals surface area contributed by atoms with E-state index in [0.717, 1.165) is 21.2 Å². The number of halogens is 1. The zero-order chi connectivity index (χ0) is 23.3. The fourth-order valence-electron chi connectivity index (χ4n) is 3.22. The molecule has 32 heavy (non-hydrogen) atoms. The van der Waals surface area contributed by atoms with Crippen molar-refractivity contribution in [2.45, 2.75) is 39.4 Å². The number of ether oxygens (including phenoxy) is 5. The standard InChI is InChI=1S/C25H27BrO6/c1-6-7-16-8-11-20(28-5)23(17(16)9-13-22(27)32-25(2,3)4)29-14-18-19(26)10-12-21-24(18)31-15-30-21/h6,8-13H,1,7,14-15H2,2-5H3/b13-9+. The van der Waals surface area contributed by atoms with Gasteiger partial charge >= 0.3 is 5.97 Å². The van der Waals surface area contributed by atoms with Crippen LogP contribution in [0.2, 0.25) is 0 Å².